The van der Waals surface area contributed by atoms with Gasteiger partial charge in [0.25, 0.3) is 0 Å². The van der Waals surface area contributed by atoms with Crippen LogP contribution in [0.3, 0.4) is 0 Å². The second kappa shape index (κ2) is 12.3. The monoisotopic (exact) mass is 481 g/mol. The van der Waals surface area contributed by atoms with Crippen molar-refractivity contribution in [2.45, 2.75) is 64.6 Å². The first-order valence-electron chi connectivity index (χ1n) is 12.3. The molecule has 2 rings (SSSR count). The number of benzene rings is 2. The molecular formula is C29H43N3O3. The summed E-state index contributed by atoms with van der Waals surface area (Å²) in [4.78, 5) is 31.7. The Balaban J connectivity index is 2.06. The summed E-state index contributed by atoms with van der Waals surface area (Å²) >= 11 is 0. The Bertz CT molecular complexity index is 869. The number of rotatable bonds is 12. The van der Waals surface area contributed by atoms with Crippen LogP contribution in [-0.2, 0) is 22.4 Å². The highest BCUT2D eigenvalue weighted by atomic mass is 16.3. The Morgan fingerprint density at radius 3 is 1.40 bits per heavy atom. The fourth-order valence-electron chi connectivity index (χ4n) is 4.26. The Hall–Kier alpha value is -2.70. The number of aliphatic hydroxyl groups is 1. The van der Waals surface area contributed by atoms with Crippen molar-refractivity contribution in [2.24, 2.45) is 0 Å². The fraction of sp³-hybridized carbons (Fsp3) is 0.517. The lowest BCUT2D eigenvalue weighted by atomic mass is 9.93. The zero-order valence-corrected chi connectivity index (χ0v) is 22.5. The van der Waals surface area contributed by atoms with Crippen molar-refractivity contribution in [1.82, 2.24) is 14.7 Å². The van der Waals surface area contributed by atoms with Crippen molar-refractivity contribution >= 4 is 11.8 Å². The van der Waals surface area contributed by atoms with E-state index in [0.717, 1.165) is 24.0 Å². The van der Waals surface area contributed by atoms with Gasteiger partial charge in [-0.25, -0.2) is 0 Å². The second-order valence-corrected chi connectivity index (χ2v) is 10.9. The first-order chi connectivity index (χ1) is 16.3. The molecule has 6 heteroatoms. The molecule has 35 heavy (non-hydrogen) atoms. The maximum atomic E-state index is 13.2. The molecule has 0 bridgehead atoms. The zero-order valence-electron chi connectivity index (χ0n) is 22.5. The van der Waals surface area contributed by atoms with E-state index in [9.17, 15) is 14.7 Å². The third-order valence-electron chi connectivity index (χ3n) is 6.76. The normalized spacial score (nSPS) is 12.9. The minimum Gasteiger partial charge on any atom is -0.392 e. The molecule has 0 aliphatic carbocycles. The van der Waals surface area contributed by atoms with Gasteiger partial charge >= 0.3 is 0 Å². The van der Waals surface area contributed by atoms with Crippen LogP contribution in [0.15, 0.2) is 60.7 Å². The number of amides is 2. The minimum absolute atomic E-state index is 0.0678. The van der Waals surface area contributed by atoms with E-state index in [1.807, 2.05) is 78.2 Å². The third kappa shape index (κ3) is 8.79. The largest absolute Gasteiger partial charge is 0.392 e. The molecule has 0 radical (unpaired) electrons. The smallest absolute Gasteiger partial charge is 0.236 e. The molecule has 0 heterocycles. The summed E-state index contributed by atoms with van der Waals surface area (Å²) in [5.74, 6) is -0.156. The molecule has 0 unspecified atom stereocenters. The van der Waals surface area contributed by atoms with Crippen molar-refractivity contribution in [3.05, 3.63) is 71.8 Å². The molecule has 2 amide bonds. The molecule has 0 aromatic heterocycles. The van der Waals surface area contributed by atoms with Gasteiger partial charge in [-0.15, -0.1) is 0 Å². The summed E-state index contributed by atoms with van der Waals surface area (Å²) in [6, 6.07) is 20.2. The Kier molecular flexibility index (Phi) is 10.0. The summed E-state index contributed by atoms with van der Waals surface area (Å²) in [6.07, 6.45) is 0.796. The SMILES string of the molecule is C[C@@H](O)CN(CC(=O)N(C)C(C)(C)Cc1ccccc1)CC(=O)N(C)C(C)(C)Cc1ccccc1. The quantitative estimate of drug-likeness (QED) is 0.503. The highest BCUT2D eigenvalue weighted by Gasteiger charge is 2.32. The highest BCUT2D eigenvalue weighted by molar-refractivity contribution is 5.82. The van der Waals surface area contributed by atoms with Crippen LogP contribution in [0.5, 0.6) is 0 Å². The predicted octanol–water partition coefficient (Wildman–Crippen LogP) is 3.63. The van der Waals surface area contributed by atoms with Crippen molar-refractivity contribution in [1.29, 1.82) is 0 Å². The van der Waals surface area contributed by atoms with Gasteiger partial charge in [0.05, 0.1) is 19.2 Å². The topological polar surface area (TPSA) is 64.1 Å². The molecule has 0 aliphatic rings. The lowest BCUT2D eigenvalue weighted by molar-refractivity contribution is -0.139. The van der Waals surface area contributed by atoms with Crippen LogP contribution >= 0.6 is 0 Å². The van der Waals surface area contributed by atoms with Gasteiger partial charge < -0.3 is 14.9 Å². The number of nitrogens with zero attached hydrogens (tertiary/aromatic N) is 3. The first kappa shape index (κ1) is 28.5. The van der Waals surface area contributed by atoms with Crippen LogP contribution in [0.25, 0.3) is 0 Å². The lowest BCUT2D eigenvalue weighted by Gasteiger charge is -2.39. The maximum Gasteiger partial charge on any atom is 0.236 e. The molecule has 0 fully saturated rings. The molecule has 2 aromatic carbocycles. The van der Waals surface area contributed by atoms with Crippen molar-refractivity contribution in [2.75, 3.05) is 33.7 Å². The van der Waals surface area contributed by atoms with Gasteiger partial charge in [-0.1, -0.05) is 60.7 Å². The molecule has 0 aliphatic heterocycles. The minimum atomic E-state index is -0.652. The van der Waals surface area contributed by atoms with Gasteiger partial charge in [0.2, 0.25) is 11.8 Å². The van der Waals surface area contributed by atoms with E-state index >= 15 is 0 Å². The van der Waals surface area contributed by atoms with E-state index in [-0.39, 0.29) is 31.4 Å². The van der Waals surface area contributed by atoms with Crippen molar-refractivity contribution in [3.8, 4) is 0 Å². The Morgan fingerprint density at radius 2 is 1.09 bits per heavy atom. The first-order valence-corrected chi connectivity index (χ1v) is 12.3. The number of carbonyl (C=O) groups excluding carboxylic acids is 2. The summed E-state index contributed by atoms with van der Waals surface area (Å²) < 4.78 is 0. The van der Waals surface area contributed by atoms with E-state index in [2.05, 4.69) is 24.3 Å². The molecule has 6 nitrogen and oxygen atoms in total. The van der Waals surface area contributed by atoms with E-state index in [4.69, 9.17) is 0 Å². The summed E-state index contributed by atoms with van der Waals surface area (Å²) in [5, 5.41) is 10.0. The summed E-state index contributed by atoms with van der Waals surface area (Å²) in [7, 11) is 3.62. The van der Waals surface area contributed by atoms with Gasteiger partial charge in [-0.05, 0) is 58.6 Å². The van der Waals surface area contributed by atoms with Crippen LogP contribution in [0.2, 0.25) is 0 Å². The molecule has 0 saturated heterocycles. The highest BCUT2D eigenvalue weighted by Crippen LogP contribution is 2.21. The molecule has 2 aromatic rings. The molecule has 192 valence electrons. The average Bonchev–Trinajstić information content (AvgIpc) is 2.78. The maximum absolute atomic E-state index is 13.2. The van der Waals surface area contributed by atoms with E-state index in [1.165, 1.54) is 0 Å². The van der Waals surface area contributed by atoms with Crippen LogP contribution in [0.4, 0.5) is 0 Å². The van der Waals surface area contributed by atoms with Crippen LogP contribution < -0.4 is 0 Å². The Morgan fingerprint density at radius 1 is 0.743 bits per heavy atom. The standard InChI is InChI=1S/C29H43N3O3/c1-23(33)20-32(21-26(34)30(6)28(2,3)18-24-14-10-8-11-15-24)22-27(35)31(7)29(4,5)19-25-16-12-9-13-17-25/h8-17,23,33H,18-22H2,1-7H3/t23-/m1/s1. The zero-order chi connectivity index (χ0) is 26.2. The molecule has 1 atom stereocenters. The lowest BCUT2D eigenvalue weighted by Crippen LogP contribution is -2.54. The summed E-state index contributed by atoms with van der Waals surface area (Å²) in [5.41, 5.74) is 1.53. The number of likely N-dealkylation sites (N-methyl/N-ethyl adjacent to an activating group) is 2. The van der Waals surface area contributed by atoms with Gasteiger partial charge in [-0.2, -0.15) is 0 Å². The van der Waals surface area contributed by atoms with Gasteiger partial charge in [0.1, 0.15) is 0 Å². The van der Waals surface area contributed by atoms with E-state index in [0.29, 0.717) is 0 Å². The van der Waals surface area contributed by atoms with Gasteiger partial charge in [0.15, 0.2) is 0 Å². The molecule has 0 spiro atoms. The van der Waals surface area contributed by atoms with Crippen LogP contribution in [0.1, 0.15) is 45.7 Å². The average molecular weight is 482 g/mol. The van der Waals surface area contributed by atoms with E-state index < -0.39 is 17.2 Å². The second-order valence-electron chi connectivity index (χ2n) is 10.9. The number of hydrogen-bond acceptors (Lipinski definition) is 4. The molecule has 0 saturated carbocycles. The number of aliphatic hydroxyl groups excluding tert-OH is 1. The summed E-state index contributed by atoms with van der Waals surface area (Å²) in [6.45, 7) is 10.2. The number of hydrogen-bond donors (Lipinski definition) is 1. The van der Waals surface area contributed by atoms with E-state index in [1.54, 1.807) is 21.6 Å². The third-order valence-corrected chi connectivity index (χ3v) is 6.76. The van der Waals surface area contributed by atoms with Gasteiger partial charge in [0, 0.05) is 31.7 Å². The van der Waals surface area contributed by atoms with Crippen LogP contribution in [-0.4, -0.2) is 82.5 Å². The molecule has 1 N–H and O–H groups in total. The van der Waals surface area contributed by atoms with Crippen molar-refractivity contribution < 1.29 is 14.7 Å². The van der Waals surface area contributed by atoms with Gasteiger partial charge in [-0.3, -0.25) is 14.5 Å². The predicted molar refractivity (Wildman–Crippen MR) is 142 cm³/mol. The van der Waals surface area contributed by atoms with Crippen LogP contribution in [0, 0.1) is 0 Å². The number of carbonyl (C=O) groups is 2. The fourth-order valence-corrected chi connectivity index (χ4v) is 4.26. The Labute approximate surface area is 211 Å². The molecular weight excluding hydrogens is 438 g/mol. The van der Waals surface area contributed by atoms with Crippen molar-refractivity contribution in [3.63, 3.8) is 0 Å².